The Labute approximate surface area is 260 Å². The highest BCUT2D eigenvalue weighted by molar-refractivity contribution is 6.45. The van der Waals surface area contributed by atoms with Crippen LogP contribution in [0.4, 0.5) is 0 Å². The lowest BCUT2D eigenvalue weighted by atomic mass is 9.86. The number of carbonyl (C=O) groups is 3. The molecule has 0 saturated carbocycles. The average Bonchev–Trinajstić information content (AvgIpc) is 3.38. The van der Waals surface area contributed by atoms with Crippen molar-refractivity contribution in [3.63, 3.8) is 0 Å². The van der Waals surface area contributed by atoms with E-state index in [-0.39, 0.29) is 23.2 Å². The molecule has 0 spiro atoms. The summed E-state index contributed by atoms with van der Waals surface area (Å²) in [5, 5.41) is 3.91. The van der Waals surface area contributed by atoms with Crippen LogP contribution in [0.2, 0.25) is 0 Å². The molecule has 7 heteroatoms. The largest absolute Gasteiger partial charge is 0.379 e. The Hall–Kier alpha value is -3.94. The van der Waals surface area contributed by atoms with Gasteiger partial charge in [0.1, 0.15) is 5.71 Å². The third-order valence-electron chi connectivity index (χ3n) is 8.87. The van der Waals surface area contributed by atoms with E-state index in [1.54, 1.807) is 0 Å². The van der Waals surface area contributed by atoms with Crippen molar-refractivity contribution in [2.75, 3.05) is 26.3 Å². The fraction of sp³-hybridized carbons (Fsp3) is 0.405. The minimum Gasteiger partial charge on any atom is -0.379 e. The Morgan fingerprint density at radius 1 is 0.886 bits per heavy atom. The van der Waals surface area contributed by atoms with Crippen molar-refractivity contribution < 1.29 is 24.0 Å². The van der Waals surface area contributed by atoms with Crippen molar-refractivity contribution in [2.45, 2.75) is 71.3 Å². The Balaban J connectivity index is 1.42. The maximum Gasteiger partial charge on any atom is 0.331 e. The summed E-state index contributed by atoms with van der Waals surface area (Å²) in [5.74, 6) is -0.697. The number of ether oxygens (including phenoxy) is 1. The van der Waals surface area contributed by atoms with Crippen molar-refractivity contribution in [1.29, 1.82) is 0 Å². The molecule has 1 fully saturated rings. The molecule has 3 aromatic rings. The number of fused-ring (bicyclic) bond motifs is 3. The van der Waals surface area contributed by atoms with Crippen LogP contribution in [-0.2, 0) is 14.4 Å². The van der Waals surface area contributed by atoms with Crippen LogP contribution >= 0.6 is 0 Å². The second-order valence-electron chi connectivity index (χ2n) is 12.2. The van der Waals surface area contributed by atoms with Crippen LogP contribution in [0, 0.1) is 0 Å². The summed E-state index contributed by atoms with van der Waals surface area (Å²) in [6.07, 6.45) is 4.42. The van der Waals surface area contributed by atoms with Crippen LogP contribution in [0.3, 0.4) is 0 Å². The van der Waals surface area contributed by atoms with Gasteiger partial charge in [-0.1, -0.05) is 92.0 Å². The summed E-state index contributed by atoms with van der Waals surface area (Å²) < 4.78 is 5.51. The quantitative estimate of drug-likeness (QED) is 0.0566. The normalized spacial score (nSPS) is 16.7. The second-order valence-corrected chi connectivity index (χ2v) is 12.2. The van der Waals surface area contributed by atoms with Gasteiger partial charge in [-0.25, -0.2) is 4.79 Å². The predicted octanol–water partition coefficient (Wildman–Crippen LogP) is 7.21. The molecule has 1 aliphatic carbocycles. The minimum absolute atomic E-state index is 0.0232. The van der Waals surface area contributed by atoms with Gasteiger partial charge in [0, 0.05) is 37.1 Å². The molecule has 0 N–H and O–H groups in total. The molecule has 3 aromatic carbocycles. The summed E-state index contributed by atoms with van der Waals surface area (Å²) in [6, 6.07) is 22.1. The minimum atomic E-state index is -0.633. The maximum atomic E-state index is 13.8. The highest BCUT2D eigenvalue weighted by Crippen LogP contribution is 2.48. The summed E-state index contributed by atoms with van der Waals surface area (Å²) >= 11 is 0. The maximum absolute atomic E-state index is 13.8. The van der Waals surface area contributed by atoms with Gasteiger partial charge in [-0.15, -0.1) is 0 Å². The fourth-order valence-electron chi connectivity index (χ4n) is 6.36. The van der Waals surface area contributed by atoms with E-state index < -0.39 is 11.5 Å². The molecule has 0 aromatic heterocycles. The van der Waals surface area contributed by atoms with Gasteiger partial charge in [0.15, 0.2) is 5.78 Å². The molecule has 0 bridgehead atoms. The molecule has 7 nitrogen and oxygen atoms in total. The lowest BCUT2D eigenvalue weighted by Crippen LogP contribution is -2.54. The highest BCUT2D eigenvalue weighted by Gasteiger charge is 2.37. The first-order valence-electron chi connectivity index (χ1n) is 15.7. The van der Waals surface area contributed by atoms with E-state index in [0.717, 1.165) is 61.0 Å². The Kier molecular flexibility index (Phi) is 9.87. The van der Waals surface area contributed by atoms with Gasteiger partial charge < -0.3 is 9.57 Å². The average molecular weight is 595 g/mol. The van der Waals surface area contributed by atoms with Gasteiger partial charge in [0.05, 0.1) is 18.8 Å². The van der Waals surface area contributed by atoms with Crippen LogP contribution in [-0.4, -0.2) is 60.0 Å². The van der Waals surface area contributed by atoms with E-state index >= 15 is 0 Å². The number of rotatable bonds is 12. The van der Waals surface area contributed by atoms with Crippen molar-refractivity contribution in [3.05, 3.63) is 94.5 Å². The number of nitrogens with zero attached hydrogens (tertiary/aromatic N) is 2. The van der Waals surface area contributed by atoms with E-state index in [0.29, 0.717) is 30.8 Å². The van der Waals surface area contributed by atoms with Crippen LogP contribution < -0.4 is 0 Å². The summed E-state index contributed by atoms with van der Waals surface area (Å²) in [6.45, 7) is 10.2. The van der Waals surface area contributed by atoms with E-state index in [1.807, 2.05) is 62.4 Å². The monoisotopic (exact) mass is 594 g/mol. The zero-order chi connectivity index (χ0) is 31.3. The molecule has 230 valence electrons. The molecule has 1 unspecified atom stereocenters. The van der Waals surface area contributed by atoms with E-state index in [4.69, 9.17) is 9.57 Å². The SMILES string of the molecule is CCCCCC/C(=N\OC(C)=O)C(=O)c1ccc(C2c3ccccc3-c3cc(C(=O)C(C)(C)N4CCOCC4)ccc32)cc1. The number of carbonyl (C=O) groups excluding carboxylic acids is 3. The topological polar surface area (TPSA) is 85.3 Å². The molecular formula is C37H42N2O5. The molecule has 1 atom stereocenters. The van der Waals surface area contributed by atoms with Crippen molar-refractivity contribution in [2.24, 2.45) is 5.16 Å². The molecule has 2 aliphatic rings. The first-order chi connectivity index (χ1) is 21.2. The summed E-state index contributed by atoms with van der Waals surface area (Å²) in [7, 11) is 0. The molecule has 1 saturated heterocycles. The Bertz CT molecular complexity index is 1550. The molecule has 44 heavy (non-hydrogen) atoms. The van der Waals surface area contributed by atoms with E-state index in [2.05, 4.69) is 35.2 Å². The molecule has 1 aliphatic heterocycles. The number of benzene rings is 3. The Morgan fingerprint density at radius 3 is 2.27 bits per heavy atom. The molecular weight excluding hydrogens is 552 g/mol. The second kappa shape index (κ2) is 13.8. The van der Waals surface area contributed by atoms with Crippen LogP contribution in [0.15, 0.2) is 71.9 Å². The lowest BCUT2D eigenvalue weighted by molar-refractivity contribution is -0.140. The molecule has 0 radical (unpaired) electrons. The van der Waals surface area contributed by atoms with Crippen LogP contribution in [0.5, 0.6) is 0 Å². The smallest absolute Gasteiger partial charge is 0.331 e. The summed E-state index contributed by atoms with van der Waals surface area (Å²) in [4.78, 5) is 45.7. The van der Waals surface area contributed by atoms with Crippen molar-refractivity contribution in [1.82, 2.24) is 4.90 Å². The lowest BCUT2D eigenvalue weighted by Gasteiger charge is -2.39. The van der Waals surface area contributed by atoms with E-state index in [1.165, 1.54) is 12.5 Å². The standard InChI is InChI=1S/C37H42N2O5/c1-5-6-7-8-13-33(38-44-25(2)40)35(41)27-16-14-26(15-17-27)34-30-12-10-9-11-29(30)32-24-28(18-19-31(32)34)36(42)37(3,4)39-20-22-43-23-21-39/h9-12,14-19,24,34H,5-8,13,20-23H2,1-4H3/b38-33+. The number of Topliss-reactive ketones (excluding diaryl/α,β-unsaturated/α-hetero) is 2. The van der Waals surface area contributed by atoms with Gasteiger partial charge in [-0.2, -0.15) is 0 Å². The summed E-state index contributed by atoms with van der Waals surface area (Å²) in [5.41, 5.74) is 6.39. The molecule has 1 heterocycles. The third kappa shape index (κ3) is 6.59. The number of morpholine rings is 1. The molecule has 0 amide bonds. The Morgan fingerprint density at radius 2 is 1.57 bits per heavy atom. The van der Waals surface area contributed by atoms with Gasteiger partial charge in [0.25, 0.3) is 0 Å². The first-order valence-corrected chi connectivity index (χ1v) is 15.7. The number of oxime groups is 1. The van der Waals surface area contributed by atoms with Gasteiger partial charge in [0.2, 0.25) is 5.78 Å². The van der Waals surface area contributed by atoms with Crippen LogP contribution in [0.25, 0.3) is 11.1 Å². The zero-order valence-electron chi connectivity index (χ0n) is 26.2. The first kappa shape index (κ1) is 31.5. The van der Waals surface area contributed by atoms with Gasteiger partial charge >= 0.3 is 5.97 Å². The van der Waals surface area contributed by atoms with E-state index in [9.17, 15) is 14.4 Å². The van der Waals surface area contributed by atoms with Gasteiger partial charge in [-0.3, -0.25) is 14.5 Å². The molecule has 5 rings (SSSR count). The number of hydrogen-bond donors (Lipinski definition) is 0. The number of hydrogen-bond acceptors (Lipinski definition) is 7. The van der Waals surface area contributed by atoms with Crippen LogP contribution in [0.1, 0.15) is 103 Å². The van der Waals surface area contributed by atoms with Crippen molar-refractivity contribution in [3.8, 4) is 11.1 Å². The number of unbranched alkanes of at least 4 members (excludes halogenated alkanes) is 3. The third-order valence-corrected chi connectivity index (χ3v) is 8.87. The van der Waals surface area contributed by atoms with Crippen molar-refractivity contribution >= 4 is 23.2 Å². The highest BCUT2D eigenvalue weighted by atomic mass is 16.7. The van der Waals surface area contributed by atoms with Gasteiger partial charge in [-0.05, 0) is 60.6 Å². The zero-order valence-corrected chi connectivity index (χ0v) is 26.2. The number of ketones is 2. The fourth-order valence-corrected chi connectivity index (χ4v) is 6.36. The predicted molar refractivity (Wildman–Crippen MR) is 172 cm³/mol.